The lowest BCUT2D eigenvalue weighted by molar-refractivity contribution is 0.0780. The Balaban J connectivity index is 1.71. The largest absolute Gasteiger partial charge is 0.335 e. The molecular formula is C21H23N3OS. The van der Waals surface area contributed by atoms with Crippen molar-refractivity contribution in [3.05, 3.63) is 64.1 Å². The summed E-state index contributed by atoms with van der Waals surface area (Å²) in [7, 11) is 1.87. The number of aromatic nitrogens is 2. The van der Waals surface area contributed by atoms with E-state index in [1.54, 1.807) is 16.2 Å². The van der Waals surface area contributed by atoms with Gasteiger partial charge in [-0.15, -0.1) is 11.3 Å². The number of rotatable bonds is 4. The lowest BCUT2D eigenvalue weighted by Crippen LogP contribution is -2.27. The number of amides is 1. The van der Waals surface area contributed by atoms with E-state index in [0.29, 0.717) is 12.2 Å². The van der Waals surface area contributed by atoms with Crippen molar-refractivity contribution in [1.29, 1.82) is 0 Å². The highest BCUT2D eigenvalue weighted by atomic mass is 32.1. The van der Waals surface area contributed by atoms with Crippen molar-refractivity contribution in [3.8, 4) is 11.4 Å². The molecule has 1 aliphatic rings. The molecule has 26 heavy (non-hydrogen) atoms. The van der Waals surface area contributed by atoms with E-state index in [1.165, 1.54) is 11.3 Å². The number of hydrogen-bond donors (Lipinski definition) is 0. The van der Waals surface area contributed by atoms with Crippen molar-refractivity contribution in [2.75, 3.05) is 7.05 Å². The van der Waals surface area contributed by atoms with Crippen molar-refractivity contribution in [2.45, 2.75) is 38.8 Å². The fourth-order valence-electron chi connectivity index (χ4n) is 3.59. The lowest BCUT2D eigenvalue weighted by atomic mass is 10.1. The topological polar surface area (TPSA) is 38.1 Å². The Morgan fingerprint density at radius 2 is 2.00 bits per heavy atom. The summed E-state index contributed by atoms with van der Waals surface area (Å²) in [6.45, 7) is 1.57. The van der Waals surface area contributed by atoms with E-state index >= 15 is 0 Å². The number of benzene rings is 1. The summed E-state index contributed by atoms with van der Waals surface area (Å²) < 4.78 is 2.27. The highest BCUT2D eigenvalue weighted by Gasteiger charge is 2.26. The minimum absolute atomic E-state index is 0.0197. The Kier molecular flexibility index (Phi) is 4.89. The van der Waals surface area contributed by atoms with Gasteiger partial charge in [0.1, 0.15) is 11.5 Å². The summed E-state index contributed by atoms with van der Waals surface area (Å²) in [4.78, 5) is 21.0. The first-order valence-corrected chi connectivity index (χ1v) is 10.0. The van der Waals surface area contributed by atoms with Gasteiger partial charge < -0.3 is 9.47 Å². The quantitative estimate of drug-likeness (QED) is 0.677. The van der Waals surface area contributed by atoms with Crippen molar-refractivity contribution in [2.24, 2.45) is 0 Å². The predicted molar refractivity (Wildman–Crippen MR) is 105 cm³/mol. The molecule has 0 aliphatic carbocycles. The summed E-state index contributed by atoms with van der Waals surface area (Å²) in [5, 5.41) is 2.05. The summed E-state index contributed by atoms with van der Waals surface area (Å²) >= 11 is 1.68. The van der Waals surface area contributed by atoms with Crippen LogP contribution in [0.3, 0.4) is 0 Å². The Morgan fingerprint density at radius 3 is 2.77 bits per heavy atom. The Hall–Kier alpha value is -2.40. The first-order valence-electron chi connectivity index (χ1n) is 9.16. The van der Waals surface area contributed by atoms with Gasteiger partial charge >= 0.3 is 0 Å². The molecule has 0 bridgehead atoms. The number of fused-ring (bicyclic) bond motifs is 1. The Bertz CT molecular complexity index is 884. The molecule has 0 N–H and O–H groups in total. The summed E-state index contributed by atoms with van der Waals surface area (Å²) in [6.07, 6.45) is 4.39. The molecule has 0 spiro atoms. The van der Waals surface area contributed by atoms with Crippen LogP contribution in [-0.4, -0.2) is 27.4 Å². The Labute approximate surface area is 158 Å². The zero-order valence-electron chi connectivity index (χ0n) is 15.0. The van der Waals surface area contributed by atoms with Gasteiger partial charge in [-0.3, -0.25) is 4.79 Å². The molecule has 4 nitrogen and oxygen atoms in total. The van der Waals surface area contributed by atoms with Crippen LogP contribution in [0.5, 0.6) is 0 Å². The maximum atomic E-state index is 13.2. The van der Waals surface area contributed by atoms with E-state index in [2.05, 4.69) is 22.8 Å². The van der Waals surface area contributed by atoms with Gasteiger partial charge in [0, 0.05) is 24.0 Å². The van der Waals surface area contributed by atoms with Crippen molar-refractivity contribution in [1.82, 2.24) is 14.5 Å². The number of carbonyl (C=O) groups excluding carboxylic acids is 1. The second-order valence-electron chi connectivity index (χ2n) is 6.80. The molecule has 0 atom stereocenters. The molecule has 3 aromatic rings. The maximum Gasteiger partial charge on any atom is 0.274 e. The van der Waals surface area contributed by atoms with E-state index in [1.807, 2.05) is 36.7 Å². The zero-order chi connectivity index (χ0) is 17.9. The molecule has 134 valence electrons. The molecule has 5 heteroatoms. The third-order valence-corrected chi connectivity index (χ3v) is 5.78. The highest BCUT2D eigenvalue weighted by Crippen LogP contribution is 2.28. The first-order chi connectivity index (χ1) is 12.7. The van der Waals surface area contributed by atoms with Crippen LogP contribution in [0.2, 0.25) is 0 Å². The molecule has 0 saturated carbocycles. The molecule has 4 rings (SSSR count). The zero-order valence-corrected chi connectivity index (χ0v) is 15.8. The molecule has 2 aromatic heterocycles. The number of thiophene rings is 1. The molecule has 0 radical (unpaired) electrons. The average molecular weight is 366 g/mol. The molecule has 1 aromatic carbocycles. The van der Waals surface area contributed by atoms with Gasteiger partial charge in [-0.2, -0.15) is 0 Å². The fraction of sp³-hybridized carbons (Fsp3) is 0.333. The van der Waals surface area contributed by atoms with Crippen LogP contribution in [0.1, 0.15) is 40.3 Å². The summed E-state index contributed by atoms with van der Waals surface area (Å²) in [5.74, 6) is 0.946. The van der Waals surface area contributed by atoms with Crippen LogP contribution in [-0.2, 0) is 19.5 Å². The van der Waals surface area contributed by atoms with Gasteiger partial charge in [-0.1, -0.05) is 42.8 Å². The fourth-order valence-corrected chi connectivity index (χ4v) is 4.34. The van der Waals surface area contributed by atoms with Gasteiger partial charge in [0.2, 0.25) is 0 Å². The van der Waals surface area contributed by atoms with Crippen molar-refractivity contribution < 1.29 is 4.79 Å². The number of nitrogens with zero attached hydrogens (tertiary/aromatic N) is 3. The lowest BCUT2D eigenvalue weighted by Gasteiger charge is -2.16. The molecule has 0 fully saturated rings. The minimum atomic E-state index is 0.0197. The van der Waals surface area contributed by atoms with Crippen LogP contribution in [0.25, 0.3) is 11.4 Å². The second kappa shape index (κ2) is 7.46. The molecule has 1 aliphatic heterocycles. The number of carbonyl (C=O) groups is 1. The average Bonchev–Trinajstić information content (AvgIpc) is 3.23. The van der Waals surface area contributed by atoms with Crippen LogP contribution in [0.4, 0.5) is 0 Å². The van der Waals surface area contributed by atoms with E-state index < -0.39 is 0 Å². The number of hydrogen-bond acceptors (Lipinski definition) is 3. The van der Waals surface area contributed by atoms with Crippen LogP contribution >= 0.6 is 11.3 Å². The minimum Gasteiger partial charge on any atom is -0.335 e. The van der Waals surface area contributed by atoms with Gasteiger partial charge in [-0.05, 0) is 30.7 Å². The van der Waals surface area contributed by atoms with Crippen LogP contribution < -0.4 is 0 Å². The molecular weight excluding hydrogens is 342 g/mol. The third-order valence-electron chi connectivity index (χ3n) is 4.92. The van der Waals surface area contributed by atoms with E-state index in [9.17, 15) is 4.79 Å². The van der Waals surface area contributed by atoms with Gasteiger partial charge in [0.25, 0.3) is 5.91 Å². The van der Waals surface area contributed by atoms with Crippen molar-refractivity contribution >= 4 is 17.2 Å². The number of imidazole rings is 1. The molecule has 0 unspecified atom stereocenters. The normalized spacial score (nSPS) is 13.9. The molecule has 3 heterocycles. The smallest absolute Gasteiger partial charge is 0.274 e. The van der Waals surface area contributed by atoms with Crippen LogP contribution in [0.15, 0.2) is 47.8 Å². The van der Waals surface area contributed by atoms with Gasteiger partial charge in [-0.25, -0.2) is 4.98 Å². The summed E-state index contributed by atoms with van der Waals surface area (Å²) in [6, 6.07) is 14.3. The third kappa shape index (κ3) is 3.31. The van der Waals surface area contributed by atoms with Gasteiger partial charge in [0.15, 0.2) is 0 Å². The predicted octanol–water partition coefficient (Wildman–Crippen LogP) is 4.61. The van der Waals surface area contributed by atoms with E-state index in [0.717, 1.165) is 42.9 Å². The Morgan fingerprint density at radius 1 is 1.15 bits per heavy atom. The molecule has 0 saturated heterocycles. The summed E-state index contributed by atoms with van der Waals surface area (Å²) in [5.41, 5.74) is 2.81. The monoisotopic (exact) mass is 365 g/mol. The van der Waals surface area contributed by atoms with Crippen molar-refractivity contribution in [3.63, 3.8) is 0 Å². The van der Waals surface area contributed by atoms with E-state index in [-0.39, 0.29) is 5.91 Å². The maximum absolute atomic E-state index is 13.2. The standard InChI is InChI=1S/C21H23N3OS/c1-23(15-17-11-8-14-26-17)21(25)19-18-12-6-3-7-13-24(18)20(22-19)16-9-4-2-5-10-16/h2,4-5,8-11,14H,3,6-7,12-13,15H2,1H3. The second-order valence-corrected chi connectivity index (χ2v) is 7.83. The highest BCUT2D eigenvalue weighted by molar-refractivity contribution is 7.09. The van der Waals surface area contributed by atoms with E-state index in [4.69, 9.17) is 4.98 Å². The first kappa shape index (κ1) is 17.0. The van der Waals surface area contributed by atoms with Crippen LogP contribution in [0, 0.1) is 0 Å². The SMILES string of the molecule is CN(Cc1cccs1)C(=O)c1nc(-c2ccccc2)n2c1CCCCC2. The van der Waals surface area contributed by atoms with Gasteiger partial charge in [0.05, 0.1) is 12.2 Å². The molecule has 1 amide bonds.